The van der Waals surface area contributed by atoms with E-state index in [2.05, 4.69) is 20.6 Å². The van der Waals surface area contributed by atoms with E-state index in [-0.39, 0.29) is 17.4 Å². The topological polar surface area (TPSA) is 115 Å². The predicted molar refractivity (Wildman–Crippen MR) is 98.1 cm³/mol. The average molecular weight is 352 g/mol. The fraction of sp³-hybridized carbons (Fsp3) is 0.333. The third-order valence-corrected chi connectivity index (χ3v) is 5.13. The molecule has 0 saturated heterocycles. The normalized spacial score (nSPS) is 23.8. The first-order chi connectivity index (χ1) is 12.4. The average Bonchev–Trinajstić information content (AvgIpc) is 2.89. The molecule has 2 aliphatic rings. The van der Waals surface area contributed by atoms with Crippen molar-refractivity contribution in [3.63, 3.8) is 0 Å². The quantitative estimate of drug-likeness (QED) is 0.708. The largest absolute Gasteiger partial charge is 0.384 e. The molecule has 0 aromatic carbocycles. The lowest BCUT2D eigenvalue weighted by Gasteiger charge is -2.37. The van der Waals surface area contributed by atoms with Crippen molar-refractivity contribution in [2.24, 2.45) is 5.92 Å². The van der Waals surface area contributed by atoms with E-state index in [1.54, 1.807) is 16.7 Å². The standard InChI is InChI=1S/C18H20N6O2/c1-10-7-12(22-14-8-13(19)20-9-21-14)17(26)24-15(10)16(25)23-18(24)6-4-3-5-11(18)2/h4,6-9,11H,3,5H2,1-2H3,(H,23,25)(H3,19,20,21,22). The third-order valence-electron chi connectivity index (χ3n) is 5.13. The molecule has 8 nitrogen and oxygen atoms in total. The molecule has 2 aromatic rings. The van der Waals surface area contributed by atoms with E-state index in [4.69, 9.17) is 5.73 Å². The number of allylic oxidation sites excluding steroid dienone is 1. The second-order valence-electron chi connectivity index (χ2n) is 6.84. The number of pyridine rings is 1. The van der Waals surface area contributed by atoms with E-state index in [1.807, 2.05) is 26.0 Å². The van der Waals surface area contributed by atoms with Gasteiger partial charge in [-0.05, 0) is 37.5 Å². The van der Waals surface area contributed by atoms with Crippen molar-refractivity contribution in [1.82, 2.24) is 19.9 Å². The number of rotatable bonds is 2. The van der Waals surface area contributed by atoms with Gasteiger partial charge < -0.3 is 16.4 Å². The number of aromatic nitrogens is 3. The number of hydrogen-bond acceptors (Lipinski definition) is 6. The van der Waals surface area contributed by atoms with Gasteiger partial charge in [0.25, 0.3) is 11.5 Å². The Bertz CT molecular complexity index is 996. The van der Waals surface area contributed by atoms with Gasteiger partial charge >= 0.3 is 0 Å². The number of nitrogens with zero attached hydrogens (tertiary/aromatic N) is 3. The van der Waals surface area contributed by atoms with Crippen molar-refractivity contribution in [2.45, 2.75) is 32.4 Å². The number of amides is 1. The molecular formula is C18H20N6O2. The number of anilines is 3. The van der Waals surface area contributed by atoms with Gasteiger partial charge in [-0.15, -0.1) is 0 Å². The van der Waals surface area contributed by atoms with Crippen molar-refractivity contribution < 1.29 is 4.79 Å². The van der Waals surface area contributed by atoms with E-state index in [0.29, 0.717) is 23.0 Å². The maximum Gasteiger partial charge on any atom is 0.277 e. The molecule has 0 saturated carbocycles. The Morgan fingerprint density at radius 3 is 2.88 bits per heavy atom. The number of aryl methyl sites for hydroxylation is 1. The Hall–Kier alpha value is -3.16. The van der Waals surface area contributed by atoms with E-state index < -0.39 is 5.66 Å². The van der Waals surface area contributed by atoms with Crippen LogP contribution >= 0.6 is 0 Å². The summed E-state index contributed by atoms with van der Waals surface area (Å²) in [6, 6.07) is 3.22. The maximum absolute atomic E-state index is 13.3. The molecule has 26 heavy (non-hydrogen) atoms. The van der Waals surface area contributed by atoms with Crippen molar-refractivity contribution in [3.05, 3.63) is 52.2 Å². The lowest BCUT2D eigenvalue weighted by Crippen LogP contribution is -2.51. The number of nitrogen functional groups attached to an aromatic ring is 1. The van der Waals surface area contributed by atoms with E-state index >= 15 is 0 Å². The molecule has 2 unspecified atom stereocenters. The second-order valence-corrected chi connectivity index (χ2v) is 6.84. The molecule has 1 spiro atoms. The van der Waals surface area contributed by atoms with Crippen LogP contribution in [0.3, 0.4) is 0 Å². The summed E-state index contributed by atoms with van der Waals surface area (Å²) < 4.78 is 1.58. The van der Waals surface area contributed by atoms with Crippen molar-refractivity contribution >= 4 is 23.2 Å². The van der Waals surface area contributed by atoms with Crippen LogP contribution in [-0.4, -0.2) is 20.4 Å². The van der Waals surface area contributed by atoms with E-state index in [9.17, 15) is 9.59 Å². The number of carbonyl (C=O) groups is 1. The van der Waals surface area contributed by atoms with Gasteiger partial charge in [0.2, 0.25) is 0 Å². The highest BCUT2D eigenvalue weighted by molar-refractivity contribution is 5.97. The van der Waals surface area contributed by atoms with Crippen LogP contribution in [0.25, 0.3) is 0 Å². The highest BCUT2D eigenvalue weighted by Crippen LogP contribution is 2.37. The molecule has 134 valence electrons. The lowest BCUT2D eigenvalue weighted by molar-refractivity contribution is 0.0901. The molecule has 3 heterocycles. The second kappa shape index (κ2) is 5.69. The lowest BCUT2D eigenvalue weighted by atomic mass is 9.85. The molecule has 1 amide bonds. The fourth-order valence-corrected chi connectivity index (χ4v) is 3.80. The molecule has 2 atom stereocenters. The molecule has 1 aliphatic heterocycles. The summed E-state index contributed by atoms with van der Waals surface area (Å²) in [5, 5.41) is 6.04. The molecule has 0 bridgehead atoms. The molecule has 1 aliphatic carbocycles. The summed E-state index contributed by atoms with van der Waals surface area (Å²) in [4.78, 5) is 33.8. The summed E-state index contributed by atoms with van der Waals surface area (Å²) >= 11 is 0. The van der Waals surface area contributed by atoms with Crippen molar-refractivity contribution in [1.29, 1.82) is 0 Å². The maximum atomic E-state index is 13.3. The zero-order valence-corrected chi connectivity index (χ0v) is 14.6. The number of carbonyl (C=O) groups excluding carboxylic acids is 1. The molecule has 4 rings (SSSR count). The number of fused-ring (bicyclic) bond motifs is 2. The molecule has 0 fully saturated rings. The highest BCUT2D eigenvalue weighted by atomic mass is 16.2. The first kappa shape index (κ1) is 16.3. The first-order valence-corrected chi connectivity index (χ1v) is 8.54. The van der Waals surface area contributed by atoms with Crippen LogP contribution in [0.5, 0.6) is 0 Å². The Balaban J connectivity index is 1.90. The molecule has 8 heteroatoms. The van der Waals surface area contributed by atoms with Gasteiger partial charge in [0.1, 0.15) is 35.0 Å². The van der Waals surface area contributed by atoms with Gasteiger partial charge in [-0.2, -0.15) is 0 Å². The van der Waals surface area contributed by atoms with Crippen LogP contribution in [0.2, 0.25) is 0 Å². The van der Waals surface area contributed by atoms with E-state index in [1.165, 1.54) is 6.33 Å². The molecule has 2 aromatic heterocycles. The van der Waals surface area contributed by atoms with Gasteiger partial charge in [-0.1, -0.05) is 13.0 Å². The van der Waals surface area contributed by atoms with Gasteiger partial charge in [0.15, 0.2) is 0 Å². The minimum Gasteiger partial charge on any atom is -0.384 e. The van der Waals surface area contributed by atoms with Crippen LogP contribution in [0, 0.1) is 12.8 Å². The summed E-state index contributed by atoms with van der Waals surface area (Å²) in [6.45, 7) is 3.87. The zero-order valence-electron chi connectivity index (χ0n) is 14.6. The van der Waals surface area contributed by atoms with E-state index in [0.717, 1.165) is 18.4 Å². The monoisotopic (exact) mass is 352 g/mol. The van der Waals surface area contributed by atoms with Crippen LogP contribution in [-0.2, 0) is 5.66 Å². The first-order valence-electron chi connectivity index (χ1n) is 8.54. The number of nitrogens with two attached hydrogens (primary N) is 1. The van der Waals surface area contributed by atoms with Crippen molar-refractivity contribution in [3.8, 4) is 0 Å². The summed E-state index contributed by atoms with van der Waals surface area (Å²) in [5.74, 6) is 0.598. The Morgan fingerprint density at radius 2 is 2.15 bits per heavy atom. The van der Waals surface area contributed by atoms with Crippen LogP contribution < -0.4 is 21.9 Å². The highest BCUT2D eigenvalue weighted by Gasteiger charge is 2.47. The minimum absolute atomic E-state index is 0.0970. The number of nitrogens with one attached hydrogen (secondary N) is 2. The van der Waals surface area contributed by atoms with Gasteiger partial charge in [0, 0.05) is 12.0 Å². The summed E-state index contributed by atoms with van der Waals surface area (Å²) in [6.07, 6.45) is 7.10. The van der Waals surface area contributed by atoms with Gasteiger partial charge in [-0.25, -0.2) is 9.97 Å². The Morgan fingerprint density at radius 1 is 1.35 bits per heavy atom. The predicted octanol–water partition coefficient (Wildman–Crippen LogP) is 1.65. The van der Waals surface area contributed by atoms with Crippen molar-refractivity contribution in [2.75, 3.05) is 11.1 Å². The SMILES string of the molecule is Cc1cc(Nc2cc(N)ncn2)c(=O)n2c1C(=O)NC21C=CCCC1C. The molecule has 4 N–H and O–H groups in total. The Kier molecular flexibility index (Phi) is 3.57. The smallest absolute Gasteiger partial charge is 0.277 e. The minimum atomic E-state index is -0.825. The summed E-state index contributed by atoms with van der Waals surface area (Å²) in [5.41, 5.74) is 6.04. The van der Waals surface area contributed by atoms with Crippen LogP contribution in [0.15, 0.2) is 35.4 Å². The fourth-order valence-electron chi connectivity index (χ4n) is 3.80. The number of hydrogen-bond donors (Lipinski definition) is 3. The third kappa shape index (κ3) is 2.29. The van der Waals surface area contributed by atoms with Crippen LogP contribution in [0.4, 0.5) is 17.3 Å². The van der Waals surface area contributed by atoms with Crippen LogP contribution in [0.1, 0.15) is 35.8 Å². The van der Waals surface area contributed by atoms with Gasteiger partial charge in [-0.3, -0.25) is 14.2 Å². The zero-order chi connectivity index (χ0) is 18.5. The summed E-state index contributed by atoms with van der Waals surface area (Å²) in [7, 11) is 0. The molecule has 0 radical (unpaired) electrons. The Labute approximate surface area is 150 Å². The molecular weight excluding hydrogens is 332 g/mol. The van der Waals surface area contributed by atoms with Gasteiger partial charge in [0.05, 0.1) is 0 Å².